The van der Waals surface area contributed by atoms with E-state index in [4.69, 9.17) is 0 Å². The van der Waals surface area contributed by atoms with Crippen molar-refractivity contribution in [2.45, 2.75) is 55.1 Å². The van der Waals surface area contributed by atoms with Gasteiger partial charge >= 0.3 is 0 Å². The largest absolute Gasteiger partial charge is 0.223 e. The Morgan fingerprint density at radius 1 is 1.15 bits per heavy atom. The molecule has 0 N–H and O–H groups in total. The van der Waals surface area contributed by atoms with E-state index in [9.17, 15) is 8.42 Å². The van der Waals surface area contributed by atoms with E-state index in [0.717, 1.165) is 6.42 Å². The molecule has 0 amide bonds. The standard InChI is InChI=1S/C17H24O2S/c1-2-9-17(14-15-10-5-3-6-11-15)20(18,19)16-12-7-4-8-13-16/h2,4,7-8,12-13,15,17H,1,3,5-6,9-11,14H2. The Balaban J connectivity index is 2.16. The number of sulfone groups is 1. The molecule has 0 heterocycles. The topological polar surface area (TPSA) is 34.1 Å². The first-order valence-corrected chi connectivity index (χ1v) is 9.09. The van der Waals surface area contributed by atoms with E-state index >= 15 is 0 Å². The van der Waals surface area contributed by atoms with Crippen LogP contribution in [-0.2, 0) is 9.84 Å². The van der Waals surface area contributed by atoms with Crippen molar-refractivity contribution in [2.75, 3.05) is 0 Å². The van der Waals surface area contributed by atoms with Gasteiger partial charge in [0.15, 0.2) is 9.84 Å². The van der Waals surface area contributed by atoms with Crippen LogP contribution in [0, 0.1) is 5.92 Å². The second-order valence-electron chi connectivity index (χ2n) is 5.74. The van der Waals surface area contributed by atoms with Crippen LogP contribution in [-0.4, -0.2) is 13.7 Å². The number of rotatable bonds is 6. The minimum atomic E-state index is -3.23. The van der Waals surface area contributed by atoms with E-state index in [-0.39, 0.29) is 5.25 Å². The molecule has 110 valence electrons. The molecule has 1 atom stereocenters. The molecule has 0 bridgehead atoms. The molecule has 0 spiro atoms. The highest BCUT2D eigenvalue weighted by atomic mass is 32.2. The maximum atomic E-state index is 12.7. The Morgan fingerprint density at radius 2 is 1.80 bits per heavy atom. The predicted molar refractivity (Wildman–Crippen MR) is 83.4 cm³/mol. The Labute approximate surface area is 122 Å². The fourth-order valence-corrected chi connectivity index (χ4v) is 4.97. The van der Waals surface area contributed by atoms with Crippen molar-refractivity contribution in [1.82, 2.24) is 0 Å². The van der Waals surface area contributed by atoms with Gasteiger partial charge in [-0.3, -0.25) is 0 Å². The number of allylic oxidation sites excluding steroid dienone is 1. The lowest BCUT2D eigenvalue weighted by atomic mass is 9.85. The SMILES string of the molecule is C=CCC(CC1CCCCC1)S(=O)(=O)c1ccccc1. The first kappa shape index (κ1) is 15.3. The Hall–Kier alpha value is -1.09. The summed E-state index contributed by atoms with van der Waals surface area (Å²) in [4.78, 5) is 0.447. The minimum Gasteiger partial charge on any atom is -0.223 e. The van der Waals surface area contributed by atoms with E-state index < -0.39 is 9.84 Å². The van der Waals surface area contributed by atoms with Gasteiger partial charge in [-0.2, -0.15) is 0 Å². The third-order valence-corrected chi connectivity index (χ3v) is 6.45. The quantitative estimate of drug-likeness (QED) is 0.729. The van der Waals surface area contributed by atoms with E-state index in [1.165, 1.54) is 32.1 Å². The molecule has 1 aromatic rings. The molecule has 1 unspecified atom stereocenters. The van der Waals surface area contributed by atoms with Crippen molar-refractivity contribution in [3.8, 4) is 0 Å². The van der Waals surface area contributed by atoms with Crippen LogP contribution in [0.4, 0.5) is 0 Å². The molecule has 3 heteroatoms. The summed E-state index contributed by atoms with van der Waals surface area (Å²) >= 11 is 0. The van der Waals surface area contributed by atoms with Crippen molar-refractivity contribution in [3.05, 3.63) is 43.0 Å². The summed E-state index contributed by atoms with van der Waals surface area (Å²) in [5.41, 5.74) is 0. The van der Waals surface area contributed by atoms with Crippen LogP contribution in [0.1, 0.15) is 44.9 Å². The van der Waals surface area contributed by atoms with Crippen LogP contribution in [0.2, 0.25) is 0 Å². The minimum absolute atomic E-state index is 0.314. The number of hydrogen-bond acceptors (Lipinski definition) is 2. The lowest BCUT2D eigenvalue weighted by Crippen LogP contribution is -2.25. The highest BCUT2D eigenvalue weighted by Crippen LogP contribution is 2.32. The summed E-state index contributed by atoms with van der Waals surface area (Å²) in [5, 5.41) is -0.314. The first-order chi connectivity index (χ1) is 9.64. The fourth-order valence-electron chi connectivity index (χ4n) is 3.13. The van der Waals surface area contributed by atoms with Gasteiger partial charge in [0.2, 0.25) is 0 Å². The molecule has 1 aromatic carbocycles. The zero-order chi connectivity index (χ0) is 14.4. The Bertz CT molecular complexity index is 513. The molecule has 1 saturated carbocycles. The first-order valence-electron chi connectivity index (χ1n) is 7.54. The highest BCUT2D eigenvalue weighted by Gasteiger charge is 2.29. The molecule has 0 aromatic heterocycles. The molecule has 1 fully saturated rings. The second kappa shape index (κ2) is 7.07. The average molecular weight is 292 g/mol. The average Bonchev–Trinajstić information content (AvgIpc) is 2.49. The normalized spacial score (nSPS) is 18.6. The molecular weight excluding hydrogens is 268 g/mol. The van der Waals surface area contributed by atoms with Crippen LogP contribution in [0.3, 0.4) is 0 Å². The van der Waals surface area contributed by atoms with Crippen LogP contribution < -0.4 is 0 Å². The summed E-state index contributed by atoms with van der Waals surface area (Å²) < 4.78 is 25.5. The lowest BCUT2D eigenvalue weighted by molar-refractivity contribution is 0.333. The fraction of sp³-hybridized carbons (Fsp3) is 0.529. The molecule has 1 aliphatic rings. The third kappa shape index (κ3) is 3.72. The monoisotopic (exact) mass is 292 g/mol. The van der Waals surface area contributed by atoms with Crippen LogP contribution in [0.5, 0.6) is 0 Å². The van der Waals surface area contributed by atoms with Gasteiger partial charge in [0.05, 0.1) is 10.1 Å². The zero-order valence-corrected chi connectivity index (χ0v) is 12.8. The highest BCUT2D eigenvalue weighted by molar-refractivity contribution is 7.92. The van der Waals surface area contributed by atoms with Crippen molar-refractivity contribution < 1.29 is 8.42 Å². The molecule has 2 nitrogen and oxygen atoms in total. The van der Waals surface area contributed by atoms with Gasteiger partial charge in [-0.25, -0.2) is 8.42 Å². The molecular formula is C17H24O2S. The number of hydrogen-bond donors (Lipinski definition) is 0. The maximum Gasteiger partial charge on any atom is 0.181 e. The summed E-state index contributed by atoms with van der Waals surface area (Å²) in [6.45, 7) is 3.74. The summed E-state index contributed by atoms with van der Waals surface area (Å²) in [6.07, 6.45) is 9.22. The molecule has 0 aliphatic heterocycles. The zero-order valence-electron chi connectivity index (χ0n) is 12.0. The van der Waals surface area contributed by atoms with Gasteiger partial charge in [0.1, 0.15) is 0 Å². The van der Waals surface area contributed by atoms with Crippen molar-refractivity contribution in [1.29, 1.82) is 0 Å². The summed E-state index contributed by atoms with van der Waals surface area (Å²) in [5.74, 6) is 0.562. The van der Waals surface area contributed by atoms with E-state index in [0.29, 0.717) is 17.2 Å². The molecule has 0 radical (unpaired) electrons. The van der Waals surface area contributed by atoms with Gasteiger partial charge in [0.25, 0.3) is 0 Å². The Morgan fingerprint density at radius 3 is 2.40 bits per heavy atom. The van der Waals surface area contributed by atoms with Gasteiger partial charge in [-0.15, -0.1) is 6.58 Å². The maximum absolute atomic E-state index is 12.7. The smallest absolute Gasteiger partial charge is 0.181 e. The van der Waals surface area contributed by atoms with E-state index in [2.05, 4.69) is 6.58 Å². The van der Waals surface area contributed by atoms with Gasteiger partial charge in [-0.05, 0) is 30.9 Å². The second-order valence-corrected chi connectivity index (χ2v) is 7.97. The van der Waals surface area contributed by atoms with Crippen LogP contribution in [0.25, 0.3) is 0 Å². The lowest BCUT2D eigenvalue weighted by Gasteiger charge is -2.26. The summed E-state index contributed by atoms with van der Waals surface area (Å²) in [6, 6.07) is 8.83. The molecule has 2 rings (SSSR count). The van der Waals surface area contributed by atoms with Crippen molar-refractivity contribution in [2.24, 2.45) is 5.92 Å². The van der Waals surface area contributed by atoms with Crippen LogP contribution >= 0.6 is 0 Å². The van der Waals surface area contributed by atoms with Crippen molar-refractivity contribution in [3.63, 3.8) is 0 Å². The predicted octanol–water partition coefficient (Wildman–Crippen LogP) is 4.38. The van der Waals surface area contributed by atoms with Crippen molar-refractivity contribution >= 4 is 9.84 Å². The summed E-state index contributed by atoms with van der Waals surface area (Å²) in [7, 11) is -3.23. The van der Waals surface area contributed by atoms with Gasteiger partial charge in [-0.1, -0.05) is 56.4 Å². The molecule has 1 aliphatic carbocycles. The van der Waals surface area contributed by atoms with Gasteiger partial charge in [0, 0.05) is 0 Å². The Kier molecular flexibility index (Phi) is 5.41. The molecule has 0 saturated heterocycles. The third-order valence-electron chi connectivity index (χ3n) is 4.26. The number of benzene rings is 1. The molecule has 20 heavy (non-hydrogen) atoms. The van der Waals surface area contributed by atoms with Crippen LogP contribution in [0.15, 0.2) is 47.9 Å². The van der Waals surface area contributed by atoms with Gasteiger partial charge < -0.3 is 0 Å². The van der Waals surface area contributed by atoms with E-state index in [1.807, 2.05) is 6.07 Å². The van der Waals surface area contributed by atoms with E-state index in [1.54, 1.807) is 30.3 Å².